The lowest BCUT2D eigenvalue weighted by molar-refractivity contribution is -0.144. The summed E-state index contributed by atoms with van der Waals surface area (Å²) < 4.78 is 0. The number of aliphatic hydroxyl groups excluding tert-OH is 1. The van der Waals surface area contributed by atoms with Crippen molar-refractivity contribution < 1.29 is 34.2 Å². The number of likely N-dealkylation sites (tertiary alicyclic amines) is 1. The summed E-state index contributed by atoms with van der Waals surface area (Å²) in [7, 11) is 0. The number of carbonyl (C=O) groups is 5. The maximum absolute atomic E-state index is 12.9. The molecule has 4 unspecified atom stereocenters. The minimum atomic E-state index is -1.56. The van der Waals surface area contributed by atoms with E-state index in [9.17, 15) is 24.0 Å². The number of carboxylic acids is 1. The van der Waals surface area contributed by atoms with E-state index >= 15 is 0 Å². The molecular weight excluding hydrogens is 426 g/mol. The normalized spacial score (nSPS) is 18.4. The number of carbonyl (C=O) groups excluding carboxylic acids is 4. The number of hydrogen-bond acceptors (Lipinski definition) is 8. The van der Waals surface area contributed by atoms with Gasteiger partial charge >= 0.3 is 5.97 Å². The molecule has 2 rings (SSSR count). The Labute approximate surface area is 182 Å². The molecule has 32 heavy (non-hydrogen) atoms. The van der Waals surface area contributed by atoms with Crippen LogP contribution in [0.2, 0.25) is 0 Å². The van der Waals surface area contributed by atoms with Gasteiger partial charge < -0.3 is 42.2 Å². The van der Waals surface area contributed by atoms with Crippen LogP contribution in [-0.4, -0.2) is 92.0 Å². The summed E-state index contributed by atoms with van der Waals surface area (Å²) in [6, 6.07) is -4.88. The first-order valence-corrected chi connectivity index (χ1v) is 9.90. The third kappa shape index (κ3) is 6.49. The zero-order chi connectivity index (χ0) is 23.8. The molecule has 4 amide bonds. The highest BCUT2D eigenvalue weighted by atomic mass is 16.4. The minimum absolute atomic E-state index is 0.0444. The number of nitrogens with two attached hydrogens (primary N) is 2. The molecule has 9 N–H and O–H groups in total. The van der Waals surface area contributed by atoms with E-state index in [1.165, 1.54) is 17.4 Å². The number of imidazole rings is 1. The van der Waals surface area contributed by atoms with Gasteiger partial charge in [-0.05, 0) is 12.8 Å². The average Bonchev–Trinajstić information content (AvgIpc) is 3.41. The predicted octanol–water partition coefficient (Wildman–Crippen LogP) is -3.81. The number of aromatic nitrogens is 2. The Morgan fingerprint density at radius 3 is 2.53 bits per heavy atom. The van der Waals surface area contributed by atoms with E-state index in [1.807, 2.05) is 0 Å². The predicted molar refractivity (Wildman–Crippen MR) is 107 cm³/mol. The molecule has 1 aromatic heterocycles. The number of hydrogen-bond donors (Lipinski definition) is 7. The van der Waals surface area contributed by atoms with Gasteiger partial charge in [-0.2, -0.15) is 0 Å². The van der Waals surface area contributed by atoms with Gasteiger partial charge in [-0.3, -0.25) is 19.2 Å². The van der Waals surface area contributed by atoms with Crippen molar-refractivity contribution in [2.75, 3.05) is 13.2 Å². The fourth-order valence-electron chi connectivity index (χ4n) is 3.37. The molecule has 0 aliphatic carbocycles. The highest BCUT2D eigenvalue weighted by Gasteiger charge is 2.38. The third-order valence-corrected chi connectivity index (χ3v) is 4.99. The number of rotatable bonds is 11. The van der Waals surface area contributed by atoms with Crippen LogP contribution in [0, 0.1) is 0 Å². The Morgan fingerprint density at radius 2 is 1.97 bits per heavy atom. The summed E-state index contributed by atoms with van der Waals surface area (Å²) >= 11 is 0. The molecule has 2 heterocycles. The quantitative estimate of drug-likeness (QED) is 0.174. The molecule has 0 saturated carbocycles. The summed E-state index contributed by atoms with van der Waals surface area (Å²) in [5.74, 6) is -4.28. The molecule has 1 aliphatic rings. The zero-order valence-corrected chi connectivity index (χ0v) is 17.2. The van der Waals surface area contributed by atoms with Gasteiger partial charge in [0.2, 0.25) is 23.6 Å². The van der Waals surface area contributed by atoms with Crippen molar-refractivity contribution in [1.29, 1.82) is 0 Å². The molecule has 4 atom stereocenters. The first-order chi connectivity index (χ1) is 15.1. The summed E-state index contributed by atoms with van der Waals surface area (Å²) in [6.45, 7) is -0.596. The van der Waals surface area contributed by atoms with Crippen molar-refractivity contribution in [1.82, 2.24) is 25.5 Å². The van der Waals surface area contributed by atoms with Crippen LogP contribution in [0.5, 0.6) is 0 Å². The van der Waals surface area contributed by atoms with Crippen LogP contribution < -0.4 is 22.1 Å². The lowest BCUT2D eigenvalue weighted by atomic mass is 10.1. The summed E-state index contributed by atoms with van der Waals surface area (Å²) in [5.41, 5.74) is 11.3. The van der Waals surface area contributed by atoms with E-state index in [4.69, 9.17) is 21.7 Å². The van der Waals surface area contributed by atoms with Gasteiger partial charge in [-0.25, -0.2) is 9.78 Å². The lowest BCUT2D eigenvalue weighted by Crippen LogP contribution is -2.57. The number of aliphatic hydroxyl groups is 1. The number of aliphatic carboxylic acids is 1. The smallest absolute Gasteiger partial charge is 0.328 e. The molecule has 1 fully saturated rings. The fourth-order valence-corrected chi connectivity index (χ4v) is 3.37. The Hall–Kier alpha value is -3.52. The molecular formula is C18H27N7O7. The van der Waals surface area contributed by atoms with Crippen molar-refractivity contribution in [2.24, 2.45) is 11.5 Å². The van der Waals surface area contributed by atoms with E-state index in [0.717, 1.165) is 0 Å². The van der Waals surface area contributed by atoms with Crippen LogP contribution in [-0.2, 0) is 30.4 Å². The van der Waals surface area contributed by atoms with Crippen molar-refractivity contribution in [3.63, 3.8) is 0 Å². The highest BCUT2D eigenvalue weighted by molar-refractivity contribution is 5.95. The molecule has 0 aromatic carbocycles. The number of aromatic amines is 1. The van der Waals surface area contributed by atoms with E-state index in [2.05, 4.69) is 20.6 Å². The number of nitrogens with one attached hydrogen (secondary N) is 3. The Kier molecular flexibility index (Phi) is 8.66. The number of nitrogens with zero attached hydrogens (tertiary/aromatic N) is 2. The van der Waals surface area contributed by atoms with Crippen LogP contribution in [0.3, 0.4) is 0 Å². The first-order valence-electron chi connectivity index (χ1n) is 9.90. The maximum atomic E-state index is 12.9. The summed E-state index contributed by atoms with van der Waals surface area (Å²) in [6.07, 6.45) is 3.21. The topological polar surface area (TPSA) is 234 Å². The fraction of sp³-hybridized carbons (Fsp3) is 0.556. The van der Waals surface area contributed by atoms with Crippen LogP contribution in [0.4, 0.5) is 0 Å². The lowest BCUT2D eigenvalue weighted by Gasteiger charge is -2.28. The molecule has 1 aromatic rings. The monoisotopic (exact) mass is 453 g/mol. The van der Waals surface area contributed by atoms with Crippen molar-refractivity contribution in [3.05, 3.63) is 18.2 Å². The molecule has 14 nitrogen and oxygen atoms in total. The summed E-state index contributed by atoms with van der Waals surface area (Å²) in [4.78, 5) is 68.2. The standard InChI is InChI=1S/C18H27N7O7/c19-10(5-14(20)27)17(30)25-3-1-2-13(25)16(29)23-11(4-9-6-21-8-22-9)15(28)24-12(7-26)18(31)32/h6,8,10-13,26H,1-5,7,19H2,(H2,20,27)(H,21,22)(H,23,29)(H,24,28)(H,31,32). The zero-order valence-electron chi connectivity index (χ0n) is 17.2. The van der Waals surface area contributed by atoms with Gasteiger partial charge in [0.1, 0.15) is 18.1 Å². The van der Waals surface area contributed by atoms with Gasteiger partial charge in [-0.1, -0.05) is 0 Å². The van der Waals surface area contributed by atoms with Crippen LogP contribution >= 0.6 is 0 Å². The average molecular weight is 453 g/mol. The SMILES string of the molecule is NC(=O)CC(N)C(=O)N1CCCC1C(=O)NC(Cc1cnc[nH]1)C(=O)NC(CO)C(=O)O. The van der Waals surface area contributed by atoms with Gasteiger partial charge in [0, 0.05) is 24.9 Å². The Balaban J connectivity index is 2.13. The van der Waals surface area contributed by atoms with Gasteiger partial charge in [0.15, 0.2) is 0 Å². The van der Waals surface area contributed by atoms with Gasteiger partial charge in [-0.15, -0.1) is 0 Å². The van der Waals surface area contributed by atoms with E-state index < -0.39 is 60.4 Å². The van der Waals surface area contributed by atoms with Gasteiger partial charge in [0.25, 0.3) is 0 Å². The van der Waals surface area contributed by atoms with Crippen molar-refractivity contribution in [2.45, 2.75) is 49.9 Å². The van der Waals surface area contributed by atoms with E-state index in [0.29, 0.717) is 18.5 Å². The number of carboxylic acid groups (broad SMARTS) is 1. The Morgan fingerprint density at radius 1 is 1.25 bits per heavy atom. The third-order valence-electron chi connectivity index (χ3n) is 4.99. The number of H-pyrrole nitrogens is 1. The Bertz CT molecular complexity index is 845. The van der Waals surface area contributed by atoms with Crippen LogP contribution in [0.15, 0.2) is 12.5 Å². The second-order valence-electron chi connectivity index (χ2n) is 7.39. The number of primary amides is 1. The van der Waals surface area contributed by atoms with E-state index in [1.54, 1.807) is 0 Å². The van der Waals surface area contributed by atoms with Crippen molar-refractivity contribution in [3.8, 4) is 0 Å². The molecule has 0 bridgehead atoms. The van der Waals surface area contributed by atoms with E-state index in [-0.39, 0.29) is 19.4 Å². The first kappa shape index (κ1) is 24.7. The number of amides is 4. The van der Waals surface area contributed by atoms with Crippen molar-refractivity contribution >= 4 is 29.6 Å². The minimum Gasteiger partial charge on any atom is -0.480 e. The van der Waals surface area contributed by atoms with Crippen LogP contribution in [0.1, 0.15) is 25.0 Å². The molecule has 176 valence electrons. The molecule has 0 radical (unpaired) electrons. The molecule has 0 spiro atoms. The molecule has 1 aliphatic heterocycles. The largest absolute Gasteiger partial charge is 0.480 e. The molecule has 1 saturated heterocycles. The molecule has 14 heteroatoms. The highest BCUT2D eigenvalue weighted by Crippen LogP contribution is 2.19. The maximum Gasteiger partial charge on any atom is 0.328 e. The second-order valence-corrected chi connectivity index (χ2v) is 7.39. The second kappa shape index (κ2) is 11.2. The summed E-state index contributed by atoms with van der Waals surface area (Å²) in [5, 5.41) is 22.9. The van der Waals surface area contributed by atoms with Gasteiger partial charge in [0.05, 0.1) is 25.4 Å². The van der Waals surface area contributed by atoms with Crippen LogP contribution in [0.25, 0.3) is 0 Å².